The van der Waals surface area contributed by atoms with E-state index in [-0.39, 0.29) is 6.10 Å². The van der Waals surface area contributed by atoms with Crippen molar-refractivity contribution in [1.29, 1.82) is 0 Å². The van der Waals surface area contributed by atoms with Crippen LogP contribution in [-0.2, 0) is 24.0 Å². The molecular formula is C18H27NO2. The molecule has 1 aromatic carbocycles. The van der Waals surface area contributed by atoms with Crippen LogP contribution < -0.4 is 0 Å². The quantitative estimate of drug-likeness (QED) is 0.902. The number of ether oxygens (including phenoxy) is 1. The van der Waals surface area contributed by atoms with E-state index in [2.05, 4.69) is 30.0 Å². The van der Waals surface area contributed by atoms with E-state index >= 15 is 0 Å². The fourth-order valence-electron chi connectivity index (χ4n) is 3.61. The van der Waals surface area contributed by atoms with Crippen LogP contribution in [0, 0.1) is 0 Å². The first-order chi connectivity index (χ1) is 10.3. The van der Waals surface area contributed by atoms with Crippen molar-refractivity contribution in [1.82, 2.24) is 4.90 Å². The first-order valence-corrected chi connectivity index (χ1v) is 8.39. The lowest BCUT2D eigenvalue weighted by Crippen LogP contribution is -2.48. The number of fused-ring (bicyclic) bond motifs is 1. The van der Waals surface area contributed by atoms with Crippen molar-refractivity contribution in [3.8, 4) is 0 Å². The van der Waals surface area contributed by atoms with E-state index < -0.39 is 6.10 Å². The molecule has 0 saturated carbocycles. The van der Waals surface area contributed by atoms with Gasteiger partial charge in [0.05, 0.1) is 18.8 Å². The zero-order valence-electron chi connectivity index (χ0n) is 13.1. The Labute approximate surface area is 127 Å². The van der Waals surface area contributed by atoms with Gasteiger partial charge in [0.1, 0.15) is 0 Å². The van der Waals surface area contributed by atoms with Crippen molar-refractivity contribution in [2.24, 2.45) is 0 Å². The largest absolute Gasteiger partial charge is 0.390 e. The SMILES string of the molecule is CCCN1CCOC(C(O)Cc2ccc3c(c2)CCC3)C1. The Morgan fingerprint density at radius 3 is 3.05 bits per heavy atom. The molecule has 0 bridgehead atoms. The van der Waals surface area contributed by atoms with E-state index in [0.29, 0.717) is 6.42 Å². The highest BCUT2D eigenvalue weighted by molar-refractivity contribution is 5.35. The number of hydrogen-bond acceptors (Lipinski definition) is 3. The first-order valence-electron chi connectivity index (χ1n) is 8.39. The maximum atomic E-state index is 10.5. The van der Waals surface area contributed by atoms with Gasteiger partial charge in [0, 0.05) is 19.5 Å². The van der Waals surface area contributed by atoms with Gasteiger partial charge in [-0.1, -0.05) is 25.1 Å². The summed E-state index contributed by atoms with van der Waals surface area (Å²) in [4.78, 5) is 2.40. The molecule has 21 heavy (non-hydrogen) atoms. The minimum Gasteiger partial charge on any atom is -0.390 e. The second-order valence-corrected chi connectivity index (χ2v) is 6.44. The summed E-state index contributed by atoms with van der Waals surface area (Å²) in [5, 5.41) is 10.5. The Bertz CT molecular complexity index is 472. The topological polar surface area (TPSA) is 32.7 Å². The van der Waals surface area contributed by atoms with Crippen molar-refractivity contribution < 1.29 is 9.84 Å². The third-order valence-corrected chi connectivity index (χ3v) is 4.75. The van der Waals surface area contributed by atoms with Crippen LogP contribution in [0.5, 0.6) is 0 Å². The molecule has 1 aliphatic heterocycles. The van der Waals surface area contributed by atoms with Gasteiger partial charge in [-0.25, -0.2) is 0 Å². The minimum absolute atomic E-state index is 0.0430. The summed E-state index contributed by atoms with van der Waals surface area (Å²) >= 11 is 0. The molecule has 0 radical (unpaired) electrons. The van der Waals surface area contributed by atoms with Gasteiger partial charge in [-0.15, -0.1) is 0 Å². The van der Waals surface area contributed by atoms with Crippen LogP contribution in [0.2, 0.25) is 0 Å². The molecule has 3 rings (SSSR count). The minimum atomic E-state index is -0.399. The van der Waals surface area contributed by atoms with Crippen molar-refractivity contribution in [2.75, 3.05) is 26.2 Å². The lowest BCUT2D eigenvalue weighted by atomic mass is 9.99. The van der Waals surface area contributed by atoms with Gasteiger partial charge in [0.15, 0.2) is 0 Å². The molecule has 1 heterocycles. The Hall–Kier alpha value is -0.900. The summed E-state index contributed by atoms with van der Waals surface area (Å²) in [5.74, 6) is 0. The molecule has 1 aromatic rings. The molecule has 2 atom stereocenters. The summed E-state index contributed by atoms with van der Waals surface area (Å²) in [6, 6.07) is 6.72. The molecule has 116 valence electrons. The fourth-order valence-corrected chi connectivity index (χ4v) is 3.61. The summed E-state index contributed by atoms with van der Waals surface area (Å²) < 4.78 is 5.79. The maximum absolute atomic E-state index is 10.5. The fraction of sp³-hybridized carbons (Fsp3) is 0.667. The third kappa shape index (κ3) is 3.65. The molecule has 2 aliphatic rings. The van der Waals surface area contributed by atoms with Crippen LogP contribution in [0.15, 0.2) is 18.2 Å². The van der Waals surface area contributed by atoms with E-state index in [4.69, 9.17) is 4.74 Å². The van der Waals surface area contributed by atoms with Gasteiger partial charge in [0.2, 0.25) is 0 Å². The van der Waals surface area contributed by atoms with E-state index in [1.54, 1.807) is 0 Å². The summed E-state index contributed by atoms with van der Waals surface area (Å²) in [7, 11) is 0. The summed E-state index contributed by atoms with van der Waals surface area (Å²) in [5.41, 5.74) is 4.23. The zero-order chi connectivity index (χ0) is 14.7. The van der Waals surface area contributed by atoms with Gasteiger partial charge in [0.25, 0.3) is 0 Å². The van der Waals surface area contributed by atoms with Crippen molar-refractivity contribution in [3.63, 3.8) is 0 Å². The molecule has 1 fully saturated rings. The number of morpholine rings is 1. The van der Waals surface area contributed by atoms with Gasteiger partial charge >= 0.3 is 0 Å². The maximum Gasteiger partial charge on any atom is 0.0964 e. The zero-order valence-corrected chi connectivity index (χ0v) is 13.1. The van der Waals surface area contributed by atoms with Crippen LogP contribution >= 0.6 is 0 Å². The van der Waals surface area contributed by atoms with Crippen LogP contribution in [0.25, 0.3) is 0 Å². The number of rotatable bonds is 5. The van der Waals surface area contributed by atoms with E-state index in [1.165, 1.54) is 36.0 Å². The lowest BCUT2D eigenvalue weighted by Gasteiger charge is -2.35. The predicted molar refractivity (Wildman–Crippen MR) is 84.6 cm³/mol. The molecule has 3 nitrogen and oxygen atoms in total. The Balaban J connectivity index is 1.59. The second kappa shape index (κ2) is 6.91. The molecule has 0 spiro atoms. The number of hydrogen-bond donors (Lipinski definition) is 1. The monoisotopic (exact) mass is 289 g/mol. The first kappa shape index (κ1) is 15.0. The van der Waals surface area contributed by atoms with Crippen molar-refractivity contribution >= 4 is 0 Å². The highest BCUT2D eigenvalue weighted by Crippen LogP contribution is 2.24. The average molecular weight is 289 g/mol. The molecule has 3 heteroatoms. The number of aliphatic hydroxyl groups excluding tert-OH is 1. The molecule has 0 aromatic heterocycles. The summed E-state index contributed by atoms with van der Waals surface area (Å²) in [6.07, 6.45) is 5.12. The van der Waals surface area contributed by atoms with Gasteiger partial charge in [-0.2, -0.15) is 0 Å². The number of aryl methyl sites for hydroxylation is 2. The van der Waals surface area contributed by atoms with Crippen LogP contribution in [0.3, 0.4) is 0 Å². The van der Waals surface area contributed by atoms with Crippen LogP contribution in [0.1, 0.15) is 36.5 Å². The normalized spacial score (nSPS) is 24.0. The molecule has 1 saturated heterocycles. The van der Waals surface area contributed by atoms with Crippen LogP contribution in [0.4, 0.5) is 0 Å². The molecule has 2 unspecified atom stereocenters. The number of benzene rings is 1. The van der Waals surface area contributed by atoms with Crippen molar-refractivity contribution in [2.45, 2.75) is 51.2 Å². The van der Waals surface area contributed by atoms with Crippen LogP contribution in [-0.4, -0.2) is 48.5 Å². The van der Waals surface area contributed by atoms with Gasteiger partial charge in [-0.05, 0) is 48.9 Å². The van der Waals surface area contributed by atoms with E-state index in [0.717, 1.165) is 32.7 Å². The highest BCUT2D eigenvalue weighted by atomic mass is 16.5. The smallest absolute Gasteiger partial charge is 0.0964 e. The Morgan fingerprint density at radius 1 is 1.33 bits per heavy atom. The van der Waals surface area contributed by atoms with E-state index in [1.807, 2.05) is 0 Å². The third-order valence-electron chi connectivity index (χ3n) is 4.75. The Morgan fingerprint density at radius 2 is 2.19 bits per heavy atom. The van der Waals surface area contributed by atoms with Gasteiger partial charge < -0.3 is 9.84 Å². The molecular weight excluding hydrogens is 262 g/mol. The highest BCUT2D eigenvalue weighted by Gasteiger charge is 2.26. The number of nitrogens with zero attached hydrogens (tertiary/aromatic N) is 1. The van der Waals surface area contributed by atoms with E-state index in [9.17, 15) is 5.11 Å². The summed E-state index contributed by atoms with van der Waals surface area (Å²) in [6.45, 7) is 5.90. The molecule has 0 amide bonds. The van der Waals surface area contributed by atoms with Crippen molar-refractivity contribution in [3.05, 3.63) is 34.9 Å². The average Bonchev–Trinajstić information content (AvgIpc) is 2.95. The van der Waals surface area contributed by atoms with Gasteiger partial charge in [-0.3, -0.25) is 4.90 Å². The molecule has 1 aliphatic carbocycles. The number of aliphatic hydroxyl groups is 1. The lowest BCUT2D eigenvalue weighted by molar-refractivity contribution is -0.0877. The predicted octanol–water partition coefficient (Wildman–Crippen LogP) is 2.19. The standard InChI is InChI=1S/C18H27NO2/c1-2-8-19-9-10-21-18(13-19)17(20)12-14-6-7-15-4-3-5-16(15)11-14/h6-7,11,17-18,20H,2-5,8-10,12-13H2,1H3. The Kier molecular flexibility index (Phi) is 4.94. The second-order valence-electron chi connectivity index (χ2n) is 6.44. The molecule has 1 N–H and O–H groups in total.